The Labute approximate surface area is 308 Å². The summed E-state index contributed by atoms with van der Waals surface area (Å²) in [4.78, 5) is 35.4. The van der Waals surface area contributed by atoms with Crippen LogP contribution in [0.25, 0.3) is 0 Å². The fourth-order valence-corrected chi connectivity index (χ4v) is 6.25. The summed E-state index contributed by atoms with van der Waals surface area (Å²) in [5.74, 6) is -2.09. The molecule has 3 saturated heterocycles. The van der Waals surface area contributed by atoms with E-state index in [0.717, 1.165) is 20.8 Å². The van der Waals surface area contributed by atoms with E-state index in [2.05, 4.69) is 16.0 Å². The quantitative estimate of drug-likeness (QED) is 0.0650. The van der Waals surface area contributed by atoms with E-state index >= 15 is 0 Å². The number of carbonyl (C=O) groups is 3. The van der Waals surface area contributed by atoms with Gasteiger partial charge in [0.05, 0.1) is 39.1 Å². The highest BCUT2D eigenvalue weighted by atomic mass is 16.8. The van der Waals surface area contributed by atoms with Gasteiger partial charge in [-0.25, -0.2) is 0 Å². The van der Waals surface area contributed by atoms with E-state index < -0.39 is 167 Å². The summed E-state index contributed by atoms with van der Waals surface area (Å²) >= 11 is 0. The molecule has 0 aromatic rings. The maximum absolute atomic E-state index is 12.1. The van der Waals surface area contributed by atoms with E-state index in [1.54, 1.807) is 0 Å². The average Bonchev–Trinajstić information content (AvgIpc) is 3.12. The minimum atomic E-state index is -2.04. The third kappa shape index (κ3) is 11.2. The van der Waals surface area contributed by atoms with Crippen molar-refractivity contribution < 1.29 is 104 Å². The molecule has 3 heterocycles. The van der Waals surface area contributed by atoms with Gasteiger partial charge in [-0.05, 0) is 0 Å². The Hall–Kier alpha value is -2.31. The molecule has 3 aliphatic rings. The molecule has 0 aromatic heterocycles. The van der Waals surface area contributed by atoms with Gasteiger partial charge in [0.15, 0.2) is 18.9 Å². The molecule has 0 radical (unpaired) electrons. The minimum Gasteiger partial charge on any atom is -0.394 e. The lowest BCUT2D eigenvalue weighted by atomic mass is 9.94. The lowest BCUT2D eigenvalue weighted by Crippen LogP contribution is -2.69. The molecule has 54 heavy (non-hydrogen) atoms. The zero-order chi connectivity index (χ0) is 40.6. The van der Waals surface area contributed by atoms with Gasteiger partial charge < -0.3 is 106 Å². The van der Waals surface area contributed by atoms with Crippen molar-refractivity contribution in [1.29, 1.82) is 0 Å². The zero-order valence-electron chi connectivity index (χ0n) is 29.5. The number of ether oxygens (including phenoxy) is 6. The molecular weight excluding hydrogens is 738 g/mol. The molecule has 24 heteroatoms. The van der Waals surface area contributed by atoms with Crippen molar-refractivity contribution in [3.8, 4) is 0 Å². The van der Waals surface area contributed by atoms with Crippen molar-refractivity contribution in [2.45, 2.75) is 137 Å². The molecule has 0 aliphatic carbocycles. The highest BCUT2D eigenvalue weighted by Gasteiger charge is 2.54. The zero-order valence-corrected chi connectivity index (χ0v) is 29.5. The summed E-state index contributed by atoms with van der Waals surface area (Å²) in [6.45, 7) is -1.05. The number of aliphatic hydroxyl groups is 12. The normalized spacial score (nSPS) is 39.5. The van der Waals surface area contributed by atoms with Gasteiger partial charge in [-0.3, -0.25) is 14.4 Å². The van der Waals surface area contributed by atoms with Crippen molar-refractivity contribution in [3.63, 3.8) is 0 Å². The maximum Gasteiger partial charge on any atom is 0.217 e. The molecule has 0 unspecified atom stereocenters. The second-order valence-corrected chi connectivity index (χ2v) is 13.2. The van der Waals surface area contributed by atoms with Crippen molar-refractivity contribution >= 4 is 17.7 Å². The topological polar surface area (TPSA) is 385 Å². The Kier molecular flexibility index (Phi) is 17.7. The molecule has 0 bridgehead atoms. The maximum atomic E-state index is 12.1. The molecule has 24 nitrogen and oxygen atoms in total. The minimum absolute atomic E-state index is 0.650. The van der Waals surface area contributed by atoms with Crippen molar-refractivity contribution in [3.05, 3.63) is 0 Å². The third-order valence-corrected chi connectivity index (χ3v) is 9.05. The van der Waals surface area contributed by atoms with E-state index in [1.807, 2.05) is 0 Å². The largest absolute Gasteiger partial charge is 0.394 e. The Morgan fingerprint density at radius 2 is 1.09 bits per heavy atom. The molecule has 0 saturated carbocycles. The van der Waals surface area contributed by atoms with Crippen molar-refractivity contribution in [2.75, 3.05) is 33.0 Å². The lowest BCUT2D eigenvalue weighted by molar-refractivity contribution is -0.369. The summed E-state index contributed by atoms with van der Waals surface area (Å²) in [5.41, 5.74) is 0. The molecule has 0 aromatic carbocycles. The fourth-order valence-electron chi connectivity index (χ4n) is 6.25. The van der Waals surface area contributed by atoms with Gasteiger partial charge in [0.25, 0.3) is 0 Å². The van der Waals surface area contributed by atoms with Gasteiger partial charge >= 0.3 is 0 Å². The van der Waals surface area contributed by atoms with Gasteiger partial charge in [-0.2, -0.15) is 0 Å². The van der Waals surface area contributed by atoms with E-state index in [1.165, 1.54) is 0 Å². The van der Waals surface area contributed by atoms with Crippen LogP contribution in [0.2, 0.25) is 0 Å². The molecule has 3 amide bonds. The van der Waals surface area contributed by atoms with Gasteiger partial charge in [-0.15, -0.1) is 0 Å². The fraction of sp³-hybridized carbons (Fsp3) is 0.900. The highest BCUT2D eigenvalue weighted by molar-refractivity contribution is 5.74. The Morgan fingerprint density at radius 1 is 0.593 bits per heavy atom. The third-order valence-electron chi connectivity index (χ3n) is 9.05. The molecule has 3 rings (SSSR count). The smallest absolute Gasteiger partial charge is 0.217 e. The first-order valence-corrected chi connectivity index (χ1v) is 17.0. The Morgan fingerprint density at radius 3 is 1.61 bits per heavy atom. The SMILES string of the molecule is CC(=O)N[C@H]1[C@H](OC[C@@H](O)[C@H](O)[C@H](O)[C@H](CO)NC(C)=O)O[C@H](CO)[C@@H](O[C@@H]2O[C@H](CO)[C@H](O)[C@H](O[C@@H]3O[C@H](CO)[C@@H](O)[C@H](O)[C@H]3NC(C)=O)[C@H]2O)[C@@H]1O. The summed E-state index contributed by atoms with van der Waals surface area (Å²) in [7, 11) is 0. The van der Waals surface area contributed by atoms with Crippen LogP contribution in [0.4, 0.5) is 0 Å². The van der Waals surface area contributed by atoms with Crippen LogP contribution in [0.5, 0.6) is 0 Å². The summed E-state index contributed by atoms with van der Waals surface area (Å²) in [6.07, 6.45) is -28.4. The molecule has 15 N–H and O–H groups in total. The van der Waals surface area contributed by atoms with Crippen molar-refractivity contribution in [1.82, 2.24) is 16.0 Å². The van der Waals surface area contributed by atoms with Crippen molar-refractivity contribution in [2.24, 2.45) is 0 Å². The first-order valence-electron chi connectivity index (χ1n) is 17.0. The van der Waals surface area contributed by atoms with E-state index in [0.29, 0.717) is 0 Å². The van der Waals surface area contributed by atoms with E-state index in [4.69, 9.17) is 28.4 Å². The monoisotopic (exact) mass is 791 g/mol. The molecule has 3 fully saturated rings. The molecule has 314 valence electrons. The van der Waals surface area contributed by atoms with Crippen LogP contribution in [0, 0.1) is 0 Å². The van der Waals surface area contributed by atoms with Crippen LogP contribution >= 0.6 is 0 Å². The van der Waals surface area contributed by atoms with Crippen LogP contribution in [-0.2, 0) is 42.8 Å². The van der Waals surface area contributed by atoms with Gasteiger partial charge in [0.1, 0.15) is 91.4 Å². The predicted molar refractivity (Wildman–Crippen MR) is 171 cm³/mol. The number of nitrogens with one attached hydrogen (secondary N) is 3. The summed E-state index contributed by atoms with van der Waals surface area (Å²) < 4.78 is 33.9. The summed E-state index contributed by atoms with van der Waals surface area (Å²) in [6, 6.07) is -4.43. The molecule has 3 aliphatic heterocycles. The molecule has 0 spiro atoms. The number of amides is 3. The lowest BCUT2D eigenvalue weighted by Gasteiger charge is -2.49. The van der Waals surface area contributed by atoms with Crippen LogP contribution in [0.1, 0.15) is 20.8 Å². The first-order chi connectivity index (χ1) is 25.4. The Balaban J connectivity index is 1.81. The van der Waals surface area contributed by atoms with E-state index in [-0.39, 0.29) is 0 Å². The van der Waals surface area contributed by atoms with Gasteiger partial charge in [0, 0.05) is 20.8 Å². The van der Waals surface area contributed by atoms with Crippen LogP contribution in [0.3, 0.4) is 0 Å². The average molecular weight is 792 g/mol. The number of hydrogen-bond donors (Lipinski definition) is 15. The van der Waals surface area contributed by atoms with Gasteiger partial charge in [0.2, 0.25) is 17.7 Å². The second-order valence-electron chi connectivity index (χ2n) is 13.2. The predicted octanol–water partition coefficient (Wildman–Crippen LogP) is -9.68. The van der Waals surface area contributed by atoms with Crippen LogP contribution in [0.15, 0.2) is 0 Å². The molecule has 19 atom stereocenters. The molecular formula is C30H53N3O21. The summed E-state index contributed by atoms with van der Waals surface area (Å²) in [5, 5.41) is 132. The van der Waals surface area contributed by atoms with Gasteiger partial charge in [-0.1, -0.05) is 0 Å². The highest BCUT2D eigenvalue weighted by Crippen LogP contribution is 2.33. The number of carbonyl (C=O) groups excluding carboxylic acids is 3. The number of hydrogen-bond acceptors (Lipinski definition) is 21. The van der Waals surface area contributed by atoms with Crippen LogP contribution < -0.4 is 16.0 Å². The van der Waals surface area contributed by atoms with E-state index in [9.17, 15) is 75.7 Å². The number of aliphatic hydroxyl groups excluding tert-OH is 12. The standard InChI is InChI=1S/C30H53N3O21/c1-9(38)31-12(4-34)19(42)20(43)13(41)8-49-28-18(33-11(3)40)24(47)26(16(7-37)52-28)53-30-25(48)27(22(45)15(6-36)51-30)54-29-17(32-10(2)39)23(46)21(44)14(5-35)50-29/h12-30,34-37,41-48H,4-8H2,1-3H3,(H,31,38)(H,32,39)(H,33,40)/t12-,13+,14+,15+,16+,17+,18+,19+,20-,21+,22-,23+,24+,25+,26+,27-,28+,29-,30-/m0/s1. The second kappa shape index (κ2) is 20.7. The first kappa shape index (κ1) is 46.1. The Bertz CT molecular complexity index is 1210. The number of rotatable bonds is 17. The van der Waals surface area contributed by atoms with Crippen LogP contribution in [-0.4, -0.2) is 228 Å².